The maximum absolute atomic E-state index is 12.9. The van der Waals surface area contributed by atoms with Gasteiger partial charge in [-0.15, -0.1) is 0 Å². The summed E-state index contributed by atoms with van der Waals surface area (Å²) < 4.78 is 0.262. The third-order valence-electron chi connectivity index (χ3n) is 4.67. The number of carboxylic acids is 1. The number of halogens is 1. The van der Waals surface area contributed by atoms with E-state index in [1.165, 1.54) is 4.90 Å². The summed E-state index contributed by atoms with van der Waals surface area (Å²) in [5.41, 5.74) is 3.40. The average Bonchev–Trinajstić information content (AvgIpc) is 2.95. The quantitative estimate of drug-likeness (QED) is 0.459. The van der Waals surface area contributed by atoms with Crippen LogP contribution < -0.4 is 0 Å². The molecule has 0 unspecified atom stereocenters. The Hall–Kier alpha value is -2.22. The normalized spacial score (nSPS) is 16.6. The Kier molecular flexibility index (Phi) is 6.95. The van der Waals surface area contributed by atoms with E-state index >= 15 is 0 Å². The van der Waals surface area contributed by atoms with E-state index in [0.29, 0.717) is 16.3 Å². The van der Waals surface area contributed by atoms with Crippen molar-refractivity contribution >= 4 is 57.9 Å². The summed E-state index contributed by atoms with van der Waals surface area (Å²) >= 11 is 12.6. The molecule has 1 amide bonds. The fourth-order valence-electron chi connectivity index (χ4n) is 3.08. The van der Waals surface area contributed by atoms with Gasteiger partial charge in [-0.05, 0) is 48.6 Å². The van der Waals surface area contributed by atoms with E-state index in [2.05, 4.69) is 4.98 Å². The van der Waals surface area contributed by atoms with Gasteiger partial charge in [0.1, 0.15) is 10.4 Å². The minimum atomic E-state index is -1.05. The van der Waals surface area contributed by atoms with E-state index in [9.17, 15) is 14.7 Å². The number of aryl methyl sites for hydroxylation is 1. The molecule has 0 bridgehead atoms. The highest BCUT2D eigenvalue weighted by Crippen LogP contribution is 2.35. The van der Waals surface area contributed by atoms with Crippen molar-refractivity contribution < 1.29 is 14.7 Å². The van der Waals surface area contributed by atoms with Gasteiger partial charge in [0.15, 0.2) is 0 Å². The van der Waals surface area contributed by atoms with E-state index in [1.807, 2.05) is 51.1 Å². The SMILES string of the molecule is Cc1ccc(-c2ccc(/C=C3\SC(=S)N([C@@H](CC(C)C)C(=O)O)C3=O)cn2)cc1Cl. The molecule has 0 saturated carbocycles. The van der Waals surface area contributed by atoms with Gasteiger partial charge in [0.25, 0.3) is 5.91 Å². The number of carboxylic acid groups (broad SMARTS) is 1. The highest BCUT2D eigenvalue weighted by Gasteiger charge is 2.40. The molecule has 8 heteroatoms. The van der Waals surface area contributed by atoms with Crippen molar-refractivity contribution in [3.05, 3.63) is 57.6 Å². The molecule has 156 valence electrons. The van der Waals surface area contributed by atoms with Crippen LogP contribution in [0.4, 0.5) is 0 Å². The summed E-state index contributed by atoms with van der Waals surface area (Å²) in [6.07, 6.45) is 3.69. The lowest BCUT2D eigenvalue weighted by Crippen LogP contribution is -2.44. The first-order valence-electron chi connectivity index (χ1n) is 9.40. The van der Waals surface area contributed by atoms with Gasteiger partial charge in [0.05, 0.1) is 10.6 Å². The van der Waals surface area contributed by atoms with Crippen molar-refractivity contribution in [2.45, 2.75) is 33.2 Å². The number of carbonyl (C=O) groups excluding carboxylic acids is 1. The molecule has 1 aromatic heterocycles. The summed E-state index contributed by atoms with van der Waals surface area (Å²) in [7, 11) is 0. The molecule has 5 nitrogen and oxygen atoms in total. The number of carbonyl (C=O) groups is 2. The molecule has 1 atom stereocenters. The number of aromatic nitrogens is 1. The fourth-order valence-corrected chi connectivity index (χ4v) is 4.61. The smallest absolute Gasteiger partial charge is 0.326 e. The molecule has 1 aliphatic rings. The molecule has 1 saturated heterocycles. The number of hydrogen-bond donors (Lipinski definition) is 1. The molecule has 2 aromatic rings. The average molecular weight is 461 g/mol. The second-order valence-electron chi connectivity index (χ2n) is 7.48. The number of thioether (sulfide) groups is 1. The van der Waals surface area contributed by atoms with Gasteiger partial charge in [0, 0.05) is 16.8 Å². The molecule has 1 aromatic carbocycles. The largest absolute Gasteiger partial charge is 0.480 e. The molecular formula is C22H21ClN2O3S2. The van der Waals surface area contributed by atoms with E-state index < -0.39 is 12.0 Å². The molecule has 1 aliphatic heterocycles. The number of pyridine rings is 1. The van der Waals surface area contributed by atoms with Crippen LogP contribution in [-0.2, 0) is 9.59 Å². The Bertz CT molecular complexity index is 1040. The molecule has 0 radical (unpaired) electrons. The van der Waals surface area contributed by atoms with Crippen molar-refractivity contribution in [3.8, 4) is 11.3 Å². The lowest BCUT2D eigenvalue weighted by Gasteiger charge is -2.24. The highest BCUT2D eigenvalue weighted by molar-refractivity contribution is 8.26. The first-order valence-corrected chi connectivity index (χ1v) is 11.0. The van der Waals surface area contributed by atoms with Crippen LogP contribution in [0.5, 0.6) is 0 Å². The van der Waals surface area contributed by atoms with Crippen LogP contribution in [0.15, 0.2) is 41.4 Å². The lowest BCUT2D eigenvalue weighted by atomic mass is 10.0. The molecule has 30 heavy (non-hydrogen) atoms. The van der Waals surface area contributed by atoms with Crippen molar-refractivity contribution in [2.75, 3.05) is 0 Å². The number of nitrogens with zero attached hydrogens (tertiary/aromatic N) is 2. The van der Waals surface area contributed by atoms with E-state index in [-0.39, 0.29) is 16.1 Å². The summed E-state index contributed by atoms with van der Waals surface area (Å²) in [6.45, 7) is 5.77. The highest BCUT2D eigenvalue weighted by atomic mass is 35.5. The Morgan fingerprint density at radius 1 is 1.33 bits per heavy atom. The minimum absolute atomic E-state index is 0.117. The first-order chi connectivity index (χ1) is 14.2. The number of thiocarbonyl (C=S) groups is 1. The standard InChI is InChI=1S/C22H21ClN2O3S2/c1-12(2)8-18(21(27)28)25-20(26)19(30-22(25)29)9-14-5-7-17(24-11-14)15-6-4-13(3)16(23)10-15/h4-7,9-12,18H,8H2,1-3H3,(H,27,28)/b19-9-/t18-/m0/s1. The number of hydrogen-bond acceptors (Lipinski definition) is 5. The van der Waals surface area contributed by atoms with Crippen molar-refractivity contribution in [3.63, 3.8) is 0 Å². The Balaban J connectivity index is 1.83. The van der Waals surface area contributed by atoms with Gasteiger partial charge >= 0.3 is 5.97 Å². The number of benzene rings is 1. The van der Waals surface area contributed by atoms with Crippen LogP contribution in [0.1, 0.15) is 31.4 Å². The molecule has 1 N–H and O–H groups in total. The zero-order valence-corrected chi connectivity index (χ0v) is 19.1. The summed E-state index contributed by atoms with van der Waals surface area (Å²) in [6, 6.07) is 8.50. The minimum Gasteiger partial charge on any atom is -0.480 e. The predicted molar refractivity (Wildman–Crippen MR) is 125 cm³/mol. The summed E-state index contributed by atoms with van der Waals surface area (Å²) in [5, 5.41) is 10.2. The summed E-state index contributed by atoms with van der Waals surface area (Å²) in [4.78, 5) is 30.6. The number of aliphatic carboxylic acids is 1. The van der Waals surface area contributed by atoms with Crippen LogP contribution in [0.2, 0.25) is 5.02 Å². The van der Waals surface area contributed by atoms with Gasteiger partial charge in [-0.3, -0.25) is 14.7 Å². The molecule has 3 rings (SSSR count). The van der Waals surface area contributed by atoms with E-state index in [4.69, 9.17) is 23.8 Å². The molecule has 1 fully saturated rings. The van der Waals surface area contributed by atoms with Crippen molar-refractivity contribution in [1.82, 2.24) is 9.88 Å². The van der Waals surface area contributed by atoms with Crippen LogP contribution in [0, 0.1) is 12.8 Å². The zero-order chi connectivity index (χ0) is 22.0. The molecule has 0 spiro atoms. The van der Waals surface area contributed by atoms with Crippen molar-refractivity contribution in [2.24, 2.45) is 5.92 Å². The van der Waals surface area contributed by atoms with Gasteiger partial charge in [-0.2, -0.15) is 0 Å². The Morgan fingerprint density at radius 3 is 2.63 bits per heavy atom. The Morgan fingerprint density at radius 2 is 2.07 bits per heavy atom. The molecule has 0 aliphatic carbocycles. The maximum Gasteiger partial charge on any atom is 0.326 e. The van der Waals surface area contributed by atoms with E-state index in [0.717, 1.165) is 34.1 Å². The lowest BCUT2D eigenvalue weighted by molar-refractivity contribution is -0.145. The van der Waals surface area contributed by atoms with Crippen LogP contribution in [-0.4, -0.2) is 37.2 Å². The third-order valence-corrected chi connectivity index (χ3v) is 6.40. The third kappa shape index (κ3) is 4.91. The fraction of sp³-hybridized carbons (Fsp3) is 0.273. The van der Waals surface area contributed by atoms with Crippen LogP contribution >= 0.6 is 35.6 Å². The Labute approximate surface area is 190 Å². The van der Waals surface area contributed by atoms with Gasteiger partial charge < -0.3 is 5.11 Å². The maximum atomic E-state index is 12.9. The van der Waals surface area contributed by atoms with Gasteiger partial charge in [-0.1, -0.05) is 67.6 Å². The second kappa shape index (κ2) is 9.29. The first kappa shape index (κ1) is 22.5. The monoisotopic (exact) mass is 460 g/mol. The molecule has 2 heterocycles. The zero-order valence-electron chi connectivity index (χ0n) is 16.8. The topological polar surface area (TPSA) is 70.5 Å². The molecular weight excluding hydrogens is 440 g/mol. The number of amides is 1. The number of rotatable bonds is 6. The predicted octanol–water partition coefficient (Wildman–Crippen LogP) is 5.41. The van der Waals surface area contributed by atoms with Gasteiger partial charge in [0.2, 0.25) is 0 Å². The van der Waals surface area contributed by atoms with Crippen LogP contribution in [0.3, 0.4) is 0 Å². The van der Waals surface area contributed by atoms with Crippen LogP contribution in [0.25, 0.3) is 17.3 Å². The van der Waals surface area contributed by atoms with Gasteiger partial charge in [-0.25, -0.2) is 4.79 Å². The second-order valence-corrected chi connectivity index (χ2v) is 9.56. The van der Waals surface area contributed by atoms with Crippen molar-refractivity contribution in [1.29, 1.82) is 0 Å². The summed E-state index contributed by atoms with van der Waals surface area (Å²) in [5.74, 6) is -1.32. The van der Waals surface area contributed by atoms with E-state index in [1.54, 1.807) is 12.3 Å².